The van der Waals surface area contributed by atoms with Gasteiger partial charge in [0, 0.05) is 32.9 Å². The number of carbonyl (C=O) groups is 1. The highest BCUT2D eigenvalue weighted by molar-refractivity contribution is 6.07. The highest BCUT2D eigenvalue weighted by Gasteiger charge is 2.16. The zero-order valence-electron chi connectivity index (χ0n) is 17.1. The summed E-state index contributed by atoms with van der Waals surface area (Å²) >= 11 is 0. The number of nitrogens with zero attached hydrogens (tertiary/aromatic N) is 3. The number of anilines is 3. The van der Waals surface area contributed by atoms with E-state index >= 15 is 0 Å². The third kappa shape index (κ3) is 4.94. The first-order valence-electron chi connectivity index (χ1n) is 9.53. The molecule has 0 aliphatic heterocycles. The first kappa shape index (κ1) is 21.3. The second kappa shape index (κ2) is 10.4. The average Bonchev–Trinajstić information content (AvgIpc) is 2.78. The van der Waals surface area contributed by atoms with Gasteiger partial charge in [0.05, 0.1) is 13.2 Å². The molecule has 9 heteroatoms. The fraction of sp³-hybridized carbons (Fsp3) is 0.286. The lowest BCUT2D eigenvalue weighted by molar-refractivity contribution is 0.0964. The minimum atomic E-state index is -0.290. The van der Waals surface area contributed by atoms with Crippen molar-refractivity contribution in [3.8, 4) is 0 Å². The molecule has 3 aromatic rings. The molecule has 1 aromatic heterocycles. The van der Waals surface area contributed by atoms with Gasteiger partial charge in [0.25, 0.3) is 5.91 Å². The highest BCUT2D eigenvalue weighted by Crippen LogP contribution is 2.25. The molecular formula is C21H26N6O3. The lowest BCUT2D eigenvalue weighted by Crippen LogP contribution is -2.33. The second-order valence-electron chi connectivity index (χ2n) is 6.54. The Bertz CT molecular complexity index is 984. The summed E-state index contributed by atoms with van der Waals surface area (Å²) in [6.45, 7) is 2.19. The van der Waals surface area contributed by atoms with Crippen LogP contribution in [-0.4, -0.2) is 56.4 Å². The molecule has 3 rings (SSSR count). The summed E-state index contributed by atoms with van der Waals surface area (Å²) in [5, 5.41) is 1.85. The molecule has 0 unspecified atom stereocenters. The third-order valence-electron chi connectivity index (χ3n) is 4.62. The first-order chi connectivity index (χ1) is 14.7. The van der Waals surface area contributed by atoms with E-state index in [1.165, 1.54) is 6.33 Å². The largest absolute Gasteiger partial charge is 0.393 e. The Hall–Kier alpha value is -3.43. The molecule has 0 aliphatic rings. The molecule has 0 radical (unpaired) electrons. The van der Waals surface area contributed by atoms with E-state index in [1.807, 2.05) is 41.3 Å². The van der Waals surface area contributed by atoms with Crippen molar-refractivity contribution in [3.05, 3.63) is 54.4 Å². The molecule has 158 valence electrons. The number of ether oxygens (including phenoxy) is 2. The molecule has 0 spiro atoms. The zero-order valence-corrected chi connectivity index (χ0v) is 17.1. The highest BCUT2D eigenvalue weighted by atomic mass is 16.5. The Balaban J connectivity index is 1.76. The number of aromatic nitrogens is 2. The van der Waals surface area contributed by atoms with Crippen LogP contribution in [0.1, 0.15) is 10.4 Å². The van der Waals surface area contributed by atoms with Crippen molar-refractivity contribution in [2.75, 3.05) is 56.6 Å². The van der Waals surface area contributed by atoms with Crippen molar-refractivity contribution in [1.82, 2.24) is 15.4 Å². The minimum Gasteiger partial charge on any atom is -0.393 e. The maximum Gasteiger partial charge on any atom is 0.270 e. The molecular weight excluding hydrogens is 384 g/mol. The van der Waals surface area contributed by atoms with Crippen molar-refractivity contribution >= 4 is 34.0 Å². The molecule has 4 N–H and O–H groups in total. The van der Waals surface area contributed by atoms with Crippen molar-refractivity contribution in [2.24, 2.45) is 0 Å². The Morgan fingerprint density at radius 2 is 1.73 bits per heavy atom. The number of nitrogen functional groups attached to an aromatic ring is 1. The predicted octanol–water partition coefficient (Wildman–Crippen LogP) is 2.07. The van der Waals surface area contributed by atoms with E-state index in [1.54, 1.807) is 20.3 Å². The molecule has 0 atom stereocenters. The van der Waals surface area contributed by atoms with E-state index in [9.17, 15) is 4.79 Å². The van der Waals surface area contributed by atoms with Gasteiger partial charge in [-0.1, -0.05) is 36.4 Å². The molecule has 1 amide bonds. The Morgan fingerprint density at radius 3 is 2.47 bits per heavy atom. The van der Waals surface area contributed by atoms with Gasteiger partial charge in [0.1, 0.15) is 12.0 Å². The quantitative estimate of drug-likeness (QED) is 0.435. The van der Waals surface area contributed by atoms with E-state index in [4.69, 9.17) is 15.2 Å². The summed E-state index contributed by atoms with van der Waals surface area (Å²) in [4.78, 5) is 23.1. The number of hydrogen-bond acceptors (Lipinski definition) is 8. The summed E-state index contributed by atoms with van der Waals surface area (Å²) in [7, 11) is 3.27. The smallest absolute Gasteiger partial charge is 0.270 e. The maximum absolute atomic E-state index is 12.7. The number of methoxy groups -OCH3 is 2. The molecule has 0 fully saturated rings. The third-order valence-corrected chi connectivity index (χ3v) is 4.62. The normalized spacial score (nSPS) is 10.7. The Labute approximate surface area is 175 Å². The van der Waals surface area contributed by atoms with E-state index in [2.05, 4.69) is 20.8 Å². The van der Waals surface area contributed by atoms with Crippen LogP contribution < -0.4 is 21.5 Å². The number of benzene rings is 2. The molecule has 0 saturated heterocycles. The summed E-state index contributed by atoms with van der Waals surface area (Å²) in [5.41, 5.74) is 12.6. The fourth-order valence-electron chi connectivity index (χ4n) is 3.07. The van der Waals surface area contributed by atoms with Crippen LogP contribution in [0.5, 0.6) is 0 Å². The number of carbonyl (C=O) groups excluding carboxylic acids is 1. The van der Waals surface area contributed by atoms with Gasteiger partial charge < -0.3 is 20.1 Å². The summed E-state index contributed by atoms with van der Waals surface area (Å²) < 4.78 is 10.3. The Morgan fingerprint density at radius 1 is 1.03 bits per heavy atom. The maximum atomic E-state index is 12.7. The number of amides is 1. The zero-order chi connectivity index (χ0) is 21.3. The van der Waals surface area contributed by atoms with Gasteiger partial charge in [-0.3, -0.25) is 15.6 Å². The van der Waals surface area contributed by atoms with Crippen molar-refractivity contribution in [3.63, 3.8) is 0 Å². The molecule has 0 aliphatic carbocycles. The predicted molar refractivity (Wildman–Crippen MR) is 117 cm³/mol. The van der Waals surface area contributed by atoms with Gasteiger partial charge in [-0.05, 0) is 16.8 Å². The van der Waals surface area contributed by atoms with Crippen LogP contribution in [0.2, 0.25) is 0 Å². The van der Waals surface area contributed by atoms with Gasteiger partial charge in [0.15, 0.2) is 11.6 Å². The van der Waals surface area contributed by atoms with Gasteiger partial charge >= 0.3 is 0 Å². The van der Waals surface area contributed by atoms with Gasteiger partial charge in [-0.25, -0.2) is 9.97 Å². The Kier molecular flexibility index (Phi) is 7.36. The van der Waals surface area contributed by atoms with Crippen molar-refractivity contribution in [2.45, 2.75) is 0 Å². The van der Waals surface area contributed by atoms with E-state index < -0.39 is 0 Å². The van der Waals surface area contributed by atoms with Crippen LogP contribution in [0.4, 0.5) is 17.3 Å². The molecule has 0 bridgehead atoms. The van der Waals surface area contributed by atoms with Gasteiger partial charge in [-0.2, -0.15) is 0 Å². The van der Waals surface area contributed by atoms with Crippen molar-refractivity contribution in [1.29, 1.82) is 0 Å². The fourth-order valence-corrected chi connectivity index (χ4v) is 3.07. The molecule has 9 nitrogen and oxygen atoms in total. The molecule has 30 heavy (non-hydrogen) atoms. The monoisotopic (exact) mass is 410 g/mol. The minimum absolute atomic E-state index is 0.290. The lowest BCUT2D eigenvalue weighted by Gasteiger charge is -2.25. The van der Waals surface area contributed by atoms with Gasteiger partial charge in [0.2, 0.25) is 0 Å². The summed E-state index contributed by atoms with van der Waals surface area (Å²) in [6, 6.07) is 13.3. The summed E-state index contributed by atoms with van der Waals surface area (Å²) in [5.74, 6) is 0.566. The standard InChI is InChI=1S/C21H26N6O3/c1-29-12-10-27(11-13-30-2)20-18(22)19(23-14-24-20)25-26-21(28)17-9-5-7-15-6-3-4-8-16(15)17/h3-9,14H,10-13,22H2,1-2H3,(H,26,28)(H,23,24,25). The topological polar surface area (TPSA) is 115 Å². The van der Waals surface area contributed by atoms with Crippen LogP contribution in [0.25, 0.3) is 10.8 Å². The number of hydrazine groups is 1. The van der Waals surface area contributed by atoms with Crippen LogP contribution in [0.3, 0.4) is 0 Å². The SMILES string of the molecule is COCCN(CCOC)c1ncnc(NNC(=O)c2cccc3ccccc23)c1N. The van der Waals surface area contributed by atoms with Crippen LogP contribution in [0, 0.1) is 0 Å². The molecule has 0 saturated carbocycles. The van der Waals surface area contributed by atoms with Crippen molar-refractivity contribution < 1.29 is 14.3 Å². The first-order valence-corrected chi connectivity index (χ1v) is 9.53. The van der Waals surface area contributed by atoms with Gasteiger partial charge in [-0.15, -0.1) is 0 Å². The number of nitrogens with two attached hydrogens (primary N) is 1. The molecule has 1 heterocycles. The number of fused-ring (bicyclic) bond motifs is 1. The molecule has 2 aromatic carbocycles. The van der Waals surface area contributed by atoms with E-state index in [-0.39, 0.29) is 5.91 Å². The summed E-state index contributed by atoms with van der Waals surface area (Å²) in [6.07, 6.45) is 1.39. The van der Waals surface area contributed by atoms with Crippen LogP contribution in [-0.2, 0) is 9.47 Å². The van der Waals surface area contributed by atoms with E-state index in [0.29, 0.717) is 49.2 Å². The number of rotatable bonds is 10. The van der Waals surface area contributed by atoms with Crippen LogP contribution in [0.15, 0.2) is 48.8 Å². The number of hydrogen-bond donors (Lipinski definition) is 3. The second-order valence-corrected chi connectivity index (χ2v) is 6.54. The lowest BCUT2D eigenvalue weighted by atomic mass is 10.0. The average molecular weight is 410 g/mol. The van der Waals surface area contributed by atoms with Crippen LogP contribution >= 0.6 is 0 Å². The number of nitrogens with one attached hydrogen (secondary N) is 2. The van der Waals surface area contributed by atoms with E-state index in [0.717, 1.165) is 10.8 Å².